The maximum atomic E-state index is 13.1. The minimum Gasteiger partial charge on any atom is -0.378 e. The van der Waals surface area contributed by atoms with Crippen molar-refractivity contribution in [3.63, 3.8) is 0 Å². The highest BCUT2D eigenvalue weighted by atomic mass is 32.2. The highest BCUT2D eigenvalue weighted by molar-refractivity contribution is 7.99. The molecule has 3 N–H and O–H groups in total. The summed E-state index contributed by atoms with van der Waals surface area (Å²) in [5.41, 5.74) is 6.90. The van der Waals surface area contributed by atoms with Crippen LogP contribution in [0.3, 0.4) is 0 Å². The topological polar surface area (TPSA) is 67.6 Å². The molecule has 0 saturated carbocycles. The molecule has 1 aliphatic heterocycles. The quantitative estimate of drug-likeness (QED) is 0.690. The van der Waals surface area contributed by atoms with Crippen LogP contribution in [0.15, 0.2) is 30.8 Å². The SMILES string of the molecule is C=C(N[C@@H](CSCCN)C(=O)N1CCOCC1)c1ccc(F)cc1. The number of rotatable bonds is 8. The molecule has 132 valence electrons. The Kier molecular flexibility index (Phi) is 7.55. The van der Waals surface area contributed by atoms with Crippen molar-refractivity contribution in [1.82, 2.24) is 10.2 Å². The number of nitrogens with one attached hydrogen (secondary N) is 1. The first-order valence-electron chi connectivity index (χ1n) is 7.97. The normalized spacial score (nSPS) is 15.8. The van der Waals surface area contributed by atoms with E-state index in [9.17, 15) is 9.18 Å². The van der Waals surface area contributed by atoms with Crippen LogP contribution in [0.25, 0.3) is 5.70 Å². The summed E-state index contributed by atoms with van der Waals surface area (Å²) in [7, 11) is 0. The fourth-order valence-electron chi connectivity index (χ4n) is 2.41. The lowest BCUT2D eigenvalue weighted by Gasteiger charge is -2.31. The number of morpholine rings is 1. The molecule has 5 nitrogen and oxygen atoms in total. The molecule has 0 unspecified atom stereocenters. The number of ether oxygens (including phenoxy) is 1. The minimum atomic E-state index is -0.391. The average Bonchev–Trinajstić information content (AvgIpc) is 2.61. The molecule has 0 spiro atoms. The maximum Gasteiger partial charge on any atom is 0.246 e. The number of carbonyl (C=O) groups is 1. The van der Waals surface area contributed by atoms with Gasteiger partial charge in [0.1, 0.15) is 11.9 Å². The highest BCUT2D eigenvalue weighted by Crippen LogP contribution is 2.14. The Morgan fingerprint density at radius 1 is 1.38 bits per heavy atom. The number of halogens is 1. The molecule has 0 aliphatic carbocycles. The zero-order valence-electron chi connectivity index (χ0n) is 13.7. The summed E-state index contributed by atoms with van der Waals surface area (Å²) in [4.78, 5) is 14.6. The summed E-state index contributed by atoms with van der Waals surface area (Å²) in [5.74, 6) is 1.13. The van der Waals surface area contributed by atoms with E-state index in [-0.39, 0.29) is 11.7 Å². The lowest BCUT2D eigenvalue weighted by Crippen LogP contribution is -2.51. The van der Waals surface area contributed by atoms with Crippen LogP contribution in [-0.4, -0.2) is 61.2 Å². The smallest absolute Gasteiger partial charge is 0.246 e. The second-order valence-electron chi connectivity index (χ2n) is 5.48. The van der Waals surface area contributed by atoms with Crippen molar-refractivity contribution in [2.45, 2.75) is 6.04 Å². The van der Waals surface area contributed by atoms with E-state index in [1.165, 1.54) is 12.1 Å². The summed E-state index contributed by atoms with van der Waals surface area (Å²) < 4.78 is 18.4. The highest BCUT2D eigenvalue weighted by Gasteiger charge is 2.26. The first-order valence-corrected chi connectivity index (χ1v) is 9.13. The van der Waals surface area contributed by atoms with Gasteiger partial charge in [0.05, 0.1) is 13.2 Å². The fourth-order valence-corrected chi connectivity index (χ4v) is 3.20. The van der Waals surface area contributed by atoms with Crippen LogP contribution >= 0.6 is 11.8 Å². The molecule has 1 aliphatic rings. The standard InChI is InChI=1S/C17H24FN3O2S/c1-13(14-2-4-15(18)5-3-14)20-16(12-24-11-6-19)17(22)21-7-9-23-10-8-21/h2-5,16,20H,1,6-12,19H2/t16-/m0/s1. The summed E-state index contributed by atoms with van der Waals surface area (Å²) in [6.45, 7) is 6.88. The molecule has 0 bridgehead atoms. The number of carbonyl (C=O) groups excluding carboxylic acids is 1. The van der Waals surface area contributed by atoms with Crippen LogP contribution in [0, 0.1) is 5.82 Å². The van der Waals surface area contributed by atoms with Gasteiger partial charge in [-0.2, -0.15) is 11.8 Å². The van der Waals surface area contributed by atoms with Crippen molar-refractivity contribution in [1.29, 1.82) is 0 Å². The van der Waals surface area contributed by atoms with Crippen LogP contribution < -0.4 is 11.1 Å². The van der Waals surface area contributed by atoms with E-state index in [1.54, 1.807) is 23.9 Å². The third-order valence-corrected chi connectivity index (χ3v) is 4.80. The van der Waals surface area contributed by atoms with E-state index in [0.717, 1.165) is 11.3 Å². The third-order valence-electron chi connectivity index (χ3n) is 3.71. The number of hydrogen-bond donors (Lipinski definition) is 2. The van der Waals surface area contributed by atoms with Crippen molar-refractivity contribution < 1.29 is 13.9 Å². The molecule has 7 heteroatoms. The Bertz CT molecular complexity index is 547. The molecule has 2 rings (SSSR count). The second-order valence-corrected chi connectivity index (χ2v) is 6.63. The van der Waals surface area contributed by atoms with Gasteiger partial charge >= 0.3 is 0 Å². The molecule has 0 aromatic heterocycles. The third kappa shape index (κ3) is 5.51. The molecule has 1 aromatic carbocycles. The molecule has 1 heterocycles. The van der Waals surface area contributed by atoms with Gasteiger partial charge in [0, 0.05) is 36.8 Å². The molecule has 0 radical (unpaired) electrons. The predicted octanol–water partition coefficient (Wildman–Crippen LogP) is 1.31. The van der Waals surface area contributed by atoms with Crippen molar-refractivity contribution in [3.8, 4) is 0 Å². The van der Waals surface area contributed by atoms with Gasteiger partial charge in [-0.25, -0.2) is 4.39 Å². The van der Waals surface area contributed by atoms with Crippen LogP contribution in [0.1, 0.15) is 5.56 Å². The monoisotopic (exact) mass is 353 g/mol. The molecule has 1 amide bonds. The zero-order valence-corrected chi connectivity index (χ0v) is 14.5. The number of nitrogens with two attached hydrogens (primary N) is 1. The van der Waals surface area contributed by atoms with Crippen molar-refractivity contribution in [2.24, 2.45) is 5.73 Å². The maximum absolute atomic E-state index is 13.1. The Hall–Kier alpha value is -1.57. The number of hydrogen-bond acceptors (Lipinski definition) is 5. The summed E-state index contributed by atoms with van der Waals surface area (Å²) in [6.07, 6.45) is 0. The van der Waals surface area contributed by atoms with Crippen LogP contribution in [0.2, 0.25) is 0 Å². The van der Waals surface area contributed by atoms with E-state index >= 15 is 0 Å². The molecular formula is C17H24FN3O2S. The van der Waals surface area contributed by atoms with E-state index in [2.05, 4.69) is 11.9 Å². The number of amides is 1. The Balaban J connectivity index is 2.02. The first kappa shape index (κ1) is 18.8. The number of nitrogens with zero attached hydrogens (tertiary/aromatic N) is 1. The van der Waals surface area contributed by atoms with Gasteiger partial charge in [0.15, 0.2) is 0 Å². The van der Waals surface area contributed by atoms with Crippen LogP contribution in [-0.2, 0) is 9.53 Å². The minimum absolute atomic E-state index is 0.0334. The van der Waals surface area contributed by atoms with Gasteiger partial charge in [0.2, 0.25) is 5.91 Å². The lowest BCUT2D eigenvalue weighted by molar-refractivity contribution is -0.136. The Labute approximate surface area is 146 Å². The summed E-state index contributed by atoms with van der Waals surface area (Å²) in [5, 5.41) is 3.20. The Morgan fingerprint density at radius 2 is 2.04 bits per heavy atom. The van der Waals surface area contributed by atoms with E-state index in [0.29, 0.717) is 44.3 Å². The summed E-state index contributed by atoms with van der Waals surface area (Å²) in [6, 6.07) is 5.66. The first-order chi connectivity index (χ1) is 11.6. The molecule has 1 saturated heterocycles. The lowest BCUT2D eigenvalue weighted by atomic mass is 10.1. The average molecular weight is 353 g/mol. The molecular weight excluding hydrogens is 329 g/mol. The molecule has 1 atom stereocenters. The largest absolute Gasteiger partial charge is 0.378 e. The van der Waals surface area contributed by atoms with Gasteiger partial charge in [-0.3, -0.25) is 4.79 Å². The zero-order chi connectivity index (χ0) is 17.4. The van der Waals surface area contributed by atoms with Crippen molar-refractivity contribution in [3.05, 3.63) is 42.2 Å². The van der Waals surface area contributed by atoms with E-state index in [1.807, 2.05) is 4.90 Å². The van der Waals surface area contributed by atoms with Crippen LogP contribution in [0.5, 0.6) is 0 Å². The Morgan fingerprint density at radius 3 is 2.67 bits per heavy atom. The van der Waals surface area contributed by atoms with Crippen LogP contribution in [0.4, 0.5) is 4.39 Å². The number of thioether (sulfide) groups is 1. The van der Waals surface area contributed by atoms with Gasteiger partial charge in [0.25, 0.3) is 0 Å². The predicted molar refractivity (Wildman–Crippen MR) is 96.1 cm³/mol. The fraction of sp³-hybridized carbons (Fsp3) is 0.471. The van der Waals surface area contributed by atoms with Gasteiger partial charge in [-0.1, -0.05) is 18.7 Å². The van der Waals surface area contributed by atoms with E-state index in [4.69, 9.17) is 10.5 Å². The molecule has 24 heavy (non-hydrogen) atoms. The van der Waals surface area contributed by atoms with Gasteiger partial charge < -0.3 is 20.7 Å². The summed E-state index contributed by atoms with van der Waals surface area (Å²) >= 11 is 1.63. The van der Waals surface area contributed by atoms with Gasteiger partial charge in [-0.05, 0) is 17.7 Å². The van der Waals surface area contributed by atoms with Crippen molar-refractivity contribution in [2.75, 3.05) is 44.4 Å². The molecule has 1 aromatic rings. The van der Waals surface area contributed by atoms with Gasteiger partial charge in [-0.15, -0.1) is 0 Å². The molecule has 1 fully saturated rings. The number of benzene rings is 1. The van der Waals surface area contributed by atoms with Crippen molar-refractivity contribution >= 4 is 23.4 Å². The van der Waals surface area contributed by atoms with E-state index < -0.39 is 6.04 Å². The second kappa shape index (κ2) is 9.66.